The Labute approximate surface area is 85.3 Å². The second kappa shape index (κ2) is 4.82. The zero-order valence-corrected chi connectivity index (χ0v) is 8.80. The predicted molar refractivity (Wildman–Crippen MR) is 59.4 cm³/mol. The van der Waals surface area contributed by atoms with E-state index in [4.69, 9.17) is 0 Å². The summed E-state index contributed by atoms with van der Waals surface area (Å²) in [7, 11) is 0. The van der Waals surface area contributed by atoms with Crippen molar-refractivity contribution in [2.24, 2.45) is 0 Å². The van der Waals surface area contributed by atoms with Gasteiger partial charge in [0, 0.05) is 18.7 Å². The molecule has 1 rings (SSSR count). The highest BCUT2D eigenvalue weighted by atomic mass is 16.3. The van der Waals surface area contributed by atoms with E-state index in [9.17, 15) is 5.11 Å². The number of hydrogen-bond acceptors (Lipinski definition) is 2. The summed E-state index contributed by atoms with van der Waals surface area (Å²) in [6.45, 7) is 9.26. The highest BCUT2D eigenvalue weighted by molar-refractivity contribution is 5.35. The molecule has 0 radical (unpaired) electrons. The first-order chi connectivity index (χ1) is 6.59. The van der Waals surface area contributed by atoms with Gasteiger partial charge < -0.3 is 10.4 Å². The number of benzene rings is 1. The van der Waals surface area contributed by atoms with Crippen LogP contribution in [0.1, 0.15) is 18.1 Å². The molecule has 0 amide bonds. The highest BCUT2D eigenvalue weighted by Gasteiger charge is 2.00. The van der Waals surface area contributed by atoms with Crippen molar-refractivity contribution in [3.05, 3.63) is 41.5 Å². The molecule has 2 nitrogen and oxygen atoms in total. The number of rotatable bonds is 4. The minimum atomic E-state index is 0.352. The van der Waals surface area contributed by atoms with Gasteiger partial charge in [0.2, 0.25) is 0 Å². The Balaban J connectivity index is 2.57. The second-order valence-corrected chi connectivity index (χ2v) is 3.69. The summed E-state index contributed by atoms with van der Waals surface area (Å²) >= 11 is 0. The summed E-state index contributed by atoms with van der Waals surface area (Å²) in [6.07, 6.45) is 0. The third kappa shape index (κ3) is 3.23. The SMILES string of the molecule is C=C(C)CNCc1cc(C)ccc1O. The van der Waals surface area contributed by atoms with Gasteiger partial charge in [0.1, 0.15) is 5.75 Å². The average molecular weight is 191 g/mol. The van der Waals surface area contributed by atoms with E-state index in [1.165, 1.54) is 0 Å². The lowest BCUT2D eigenvalue weighted by atomic mass is 10.1. The van der Waals surface area contributed by atoms with Crippen LogP contribution in [-0.4, -0.2) is 11.7 Å². The van der Waals surface area contributed by atoms with Crippen LogP contribution in [-0.2, 0) is 6.54 Å². The molecule has 2 heteroatoms. The lowest BCUT2D eigenvalue weighted by molar-refractivity contribution is 0.465. The van der Waals surface area contributed by atoms with Crippen LogP contribution in [0.3, 0.4) is 0 Å². The molecule has 0 heterocycles. The summed E-state index contributed by atoms with van der Waals surface area (Å²) in [5.74, 6) is 0.352. The summed E-state index contributed by atoms with van der Waals surface area (Å²) in [6, 6.07) is 5.62. The van der Waals surface area contributed by atoms with Crippen LogP contribution in [0.5, 0.6) is 5.75 Å². The molecule has 0 aliphatic heterocycles. The van der Waals surface area contributed by atoms with Crippen LogP contribution >= 0.6 is 0 Å². The smallest absolute Gasteiger partial charge is 0.120 e. The highest BCUT2D eigenvalue weighted by Crippen LogP contribution is 2.17. The van der Waals surface area contributed by atoms with Crippen LogP contribution in [0.2, 0.25) is 0 Å². The van der Waals surface area contributed by atoms with Crippen molar-refractivity contribution >= 4 is 0 Å². The number of phenols is 1. The van der Waals surface area contributed by atoms with Crippen LogP contribution in [0.15, 0.2) is 30.4 Å². The molecule has 76 valence electrons. The Morgan fingerprint density at radius 1 is 1.50 bits per heavy atom. The fraction of sp³-hybridized carbons (Fsp3) is 0.333. The van der Waals surface area contributed by atoms with E-state index in [0.29, 0.717) is 12.3 Å². The van der Waals surface area contributed by atoms with Crippen molar-refractivity contribution in [2.45, 2.75) is 20.4 Å². The van der Waals surface area contributed by atoms with E-state index in [1.807, 2.05) is 26.0 Å². The Hall–Kier alpha value is -1.28. The van der Waals surface area contributed by atoms with Crippen LogP contribution in [0, 0.1) is 6.92 Å². The molecule has 1 aromatic rings. The Bertz CT molecular complexity index is 331. The predicted octanol–water partition coefficient (Wildman–Crippen LogP) is 2.37. The Morgan fingerprint density at radius 3 is 2.86 bits per heavy atom. The number of aryl methyl sites for hydroxylation is 1. The molecule has 0 atom stereocenters. The topological polar surface area (TPSA) is 32.3 Å². The van der Waals surface area contributed by atoms with Gasteiger partial charge in [-0.3, -0.25) is 0 Å². The monoisotopic (exact) mass is 191 g/mol. The van der Waals surface area contributed by atoms with Crippen LogP contribution in [0.25, 0.3) is 0 Å². The average Bonchev–Trinajstić information content (AvgIpc) is 2.10. The van der Waals surface area contributed by atoms with Gasteiger partial charge in [0.25, 0.3) is 0 Å². The minimum absolute atomic E-state index is 0.352. The van der Waals surface area contributed by atoms with Gasteiger partial charge in [-0.2, -0.15) is 0 Å². The maximum Gasteiger partial charge on any atom is 0.120 e. The van der Waals surface area contributed by atoms with Gasteiger partial charge >= 0.3 is 0 Å². The molecule has 0 spiro atoms. The number of hydrogen-bond donors (Lipinski definition) is 2. The quantitative estimate of drug-likeness (QED) is 0.716. The number of phenolic OH excluding ortho intramolecular Hbond substituents is 1. The molecule has 0 saturated heterocycles. The molecule has 0 saturated carbocycles. The maximum atomic E-state index is 9.54. The van der Waals surface area contributed by atoms with Gasteiger partial charge in [-0.25, -0.2) is 0 Å². The van der Waals surface area contributed by atoms with Crippen molar-refractivity contribution < 1.29 is 5.11 Å². The van der Waals surface area contributed by atoms with Gasteiger partial charge in [0.15, 0.2) is 0 Å². The van der Waals surface area contributed by atoms with Crippen LogP contribution < -0.4 is 5.32 Å². The zero-order valence-electron chi connectivity index (χ0n) is 8.80. The van der Waals surface area contributed by atoms with Gasteiger partial charge in [-0.15, -0.1) is 0 Å². The van der Waals surface area contributed by atoms with E-state index in [-0.39, 0.29) is 0 Å². The summed E-state index contributed by atoms with van der Waals surface area (Å²) in [5, 5.41) is 12.7. The van der Waals surface area contributed by atoms with Gasteiger partial charge in [-0.1, -0.05) is 29.8 Å². The largest absolute Gasteiger partial charge is 0.508 e. The summed E-state index contributed by atoms with van der Waals surface area (Å²) in [5.41, 5.74) is 3.19. The molecular formula is C12H17NO. The molecule has 0 fully saturated rings. The Kier molecular flexibility index (Phi) is 3.72. The fourth-order valence-electron chi connectivity index (χ4n) is 1.27. The summed E-state index contributed by atoms with van der Waals surface area (Å²) < 4.78 is 0. The van der Waals surface area contributed by atoms with Crippen molar-refractivity contribution in [1.82, 2.24) is 5.32 Å². The molecule has 0 unspecified atom stereocenters. The molecule has 1 aromatic carbocycles. The van der Waals surface area contributed by atoms with E-state index in [0.717, 1.165) is 23.2 Å². The molecule has 0 aliphatic carbocycles. The van der Waals surface area contributed by atoms with E-state index in [2.05, 4.69) is 11.9 Å². The van der Waals surface area contributed by atoms with Crippen LogP contribution in [0.4, 0.5) is 0 Å². The lowest BCUT2D eigenvalue weighted by Crippen LogP contribution is -2.15. The normalized spacial score (nSPS) is 10.1. The fourth-order valence-corrected chi connectivity index (χ4v) is 1.27. The zero-order chi connectivity index (χ0) is 10.6. The van der Waals surface area contributed by atoms with E-state index in [1.54, 1.807) is 6.07 Å². The molecule has 0 aliphatic rings. The molecule has 14 heavy (non-hydrogen) atoms. The van der Waals surface area contributed by atoms with E-state index < -0.39 is 0 Å². The van der Waals surface area contributed by atoms with Crippen molar-refractivity contribution in [3.63, 3.8) is 0 Å². The Morgan fingerprint density at radius 2 is 2.21 bits per heavy atom. The van der Waals surface area contributed by atoms with Crippen molar-refractivity contribution in [3.8, 4) is 5.75 Å². The summed E-state index contributed by atoms with van der Waals surface area (Å²) in [4.78, 5) is 0. The lowest BCUT2D eigenvalue weighted by Gasteiger charge is -2.07. The molecule has 0 bridgehead atoms. The third-order valence-electron chi connectivity index (χ3n) is 1.98. The standard InChI is InChI=1S/C12H17NO/c1-9(2)7-13-8-11-6-10(3)4-5-12(11)14/h4-6,13-14H,1,7-8H2,2-3H3. The maximum absolute atomic E-state index is 9.54. The molecular weight excluding hydrogens is 174 g/mol. The first-order valence-electron chi connectivity index (χ1n) is 4.73. The van der Waals surface area contributed by atoms with Crippen molar-refractivity contribution in [1.29, 1.82) is 0 Å². The molecule has 2 N–H and O–H groups in total. The first kappa shape index (κ1) is 10.8. The number of nitrogens with one attached hydrogen (secondary N) is 1. The van der Waals surface area contributed by atoms with Gasteiger partial charge in [-0.05, 0) is 19.9 Å². The number of aromatic hydroxyl groups is 1. The van der Waals surface area contributed by atoms with E-state index >= 15 is 0 Å². The first-order valence-corrected chi connectivity index (χ1v) is 4.73. The second-order valence-electron chi connectivity index (χ2n) is 3.69. The minimum Gasteiger partial charge on any atom is -0.508 e. The third-order valence-corrected chi connectivity index (χ3v) is 1.98. The molecule has 0 aromatic heterocycles. The van der Waals surface area contributed by atoms with Crippen molar-refractivity contribution in [2.75, 3.05) is 6.54 Å². The van der Waals surface area contributed by atoms with Gasteiger partial charge in [0.05, 0.1) is 0 Å².